The summed E-state index contributed by atoms with van der Waals surface area (Å²) in [6.07, 6.45) is 3.22. The standard InChI is InChI=1S/C18H18N8O2/c1-27-15-7-3-5-13(9-15)11-19-21-17-23-25-18(26-24-17)22-20-12-14-6-4-8-16(10-14)28-2/h3-12H,1-2H3,(H,21,23,24)(H,22,25,26). The van der Waals surface area contributed by atoms with Gasteiger partial charge in [-0.3, -0.25) is 0 Å². The van der Waals surface area contributed by atoms with Gasteiger partial charge in [0.15, 0.2) is 0 Å². The fourth-order valence-electron chi connectivity index (χ4n) is 2.09. The number of rotatable bonds is 8. The molecule has 0 bridgehead atoms. The smallest absolute Gasteiger partial charge is 0.282 e. The number of hydrogen-bond donors (Lipinski definition) is 2. The van der Waals surface area contributed by atoms with Gasteiger partial charge in [-0.05, 0) is 35.4 Å². The average molecular weight is 378 g/mol. The highest BCUT2D eigenvalue weighted by Crippen LogP contribution is 2.11. The normalized spacial score (nSPS) is 10.9. The predicted octanol–water partition coefficient (Wildman–Crippen LogP) is 2.18. The molecule has 0 saturated carbocycles. The summed E-state index contributed by atoms with van der Waals surface area (Å²) in [4.78, 5) is 0. The Morgan fingerprint density at radius 3 is 1.54 bits per heavy atom. The van der Waals surface area contributed by atoms with Crippen LogP contribution in [0.4, 0.5) is 11.9 Å². The van der Waals surface area contributed by atoms with Gasteiger partial charge in [-0.15, -0.1) is 20.4 Å². The van der Waals surface area contributed by atoms with E-state index >= 15 is 0 Å². The van der Waals surface area contributed by atoms with E-state index in [4.69, 9.17) is 9.47 Å². The number of methoxy groups -OCH3 is 2. The predicted molar refractivity (Wildman–Crippen MR) is 106 cm³/mol. The average Bonchev–Trinajstić information content (AvgIpc) is 2.75. The molecule has 3 aromatic rings. The molecule has 3 rings (SSSR count). The zero-order valence-electron chi connectivity index (χ0n) is 15.3. The van der Waals surface area contributed by atoms with Crippen molar-refractivity contribution in [1.29, 1.82) is 0 Å². The highest BCUT2D eigenvalue weighted by Gasteiger charge is 1.99. The molecule has 0 spiro atoms. The van der Waals surface area contributed by atoms with Gasteiger partial charge in [-0.1, -0.05) is 24.3 Å². The third-order valence-corrected chi connectivity index (χ3v) is 3.42. The van der Waals surface area contributed by atoms with Gasteiger partial charge in [0.1, 0.15) is 11.5 Å². The molecular formula is C18H18N8O2. The van der Waals surface area contributed by atoms with Crippen LogP contribution in [0.2, 0.25) is 0 Å². The third-order valence-electron chi connectivity index (χ3n) is 3.42. The van der Waals surface area contributed by atoms with Crippen LogP contribution in [-0.4, -0.2) is 47.0 Å². The van der Waals surface area contributed by atoms with E-state index < -0.39 is 0 Å². The van der Waals surface area contributed by atoms with Crippen LogP contribution in [0.3, 0.4) is 0 Å². The fourth-order valence-corrected chi connectivity index (χ4v) is 2.09. The van der Waals surface area contributed by atoms with Crippen LogP contribution in [0.15, 0.2) is 58.7 Å². The summed E-state index contributed by atoms with van der Waals surface area (Å²) in [5.41, 5.74) is 7.03. The molecule has 1 heterocycles. The molecular weight excluding hydrogens is 360 g/mol. The third kappa shape index (κ3) is 5.46. The Balaban J connectivity index is 1.53. The molecule has 28 heavy (non-hydrogen) atoms. The largest absolute Gasteiger partial charge is 0.497 e. The minimum Gasteiger partial charge on any atom is -0.497 e. The summed E-state index contributed by atoms with van der Waals surface area (Å²) in [5, 5.41) is 23.5. The maximum Gasteiger partial charge on any atom is 0.282 e. The van der Waals surface area contributed by atoms with Crippen molar-refractivity contribution in [2.75, 3.05) is 25.1 Å². The van der Waals surface area contributed by atoms with Gasteiger partial charge in [0.05, 0.1) is 26.6 Å². The molecule has 10 nitrogen and oxygen atoms in total. The van der Waals surface area contributed by atoms with Crippen LogP contribution in [0.5, 0.6) is 11.5 Å². The van der Waals surface area contributed by atoms with E-state index in [1.807, 2.05) is 48.5 Å². The highest BCUT2D eigenvalue weighted by atomic mass is 16.5. The van der Waals surface area contributed by atoms with E-state index in [1.165, 1.54) is 0 Å². The Morgan fingerprint density at radius 1 is 0.714 bits per heavy atom. The second kappa shape index (κ2) is 9.57. The van der Waals surface area contributed by atoms with Crippen LogP contribution in [-0.2, 0) is 0 Å². The SMILES string of the molecule is COc1cccc(C=NNc2nnc(NN=Cc3cccc(OC)c3)nn2)c1. The first kappa shape index (κ1) is 18.7. The van der Waals surface area contributed by atoms with E-state index in [1.54, 1.807) is 26.6 Å². The maximum absolute atomic E-state index is 5.15. The zero-order valence-corrected chi connectivity index (χ0v) is 15.3. The van der Waals surface area contributed by atoms with Crippen molar-refractivity contribution in [3.8, 4) is 11.5 Å². The van der Waals surface area contributed by atoms with Gasteiger partial charge in [0.25, 0.3) is 11.9 Å². The lowest BCUT2D eigenvalue weighted by Gasteiger charge is -2.01. The van der Waals surface area contributed by atoms with Crippen molar-refractivity contribution in [3.05, 3.63) is 59.7 Å². The molecule has 0 saturated heterocycles. The van der Waals surface area contributed by atoms with Crippen molar-refractivity contribution in [3.63, 3.8) is 0 Å². The molecule has 2 aromatic carbocycles. The minimum absolute atomic E-state index is 0.154. The summed E-state index contributed by atoms with van der Waals surface area (Å²) in [5.74, 6) is 1.80. The minimum atomic E-state index is 0.154. The summed E-state index contributed by atoms with van der Waals surface area (Å²) < 4.78 is 10.3. The van der Waals surface area contributed by atoms with E-state index in [-0.39, 0.29) is 11.9 Å². The van der Waals surface area contributed by atoms with Crippen LogP contribution >= 0.6 is 0 Å². The zero-order chi connectivity index (χ0) is 19.6. The van der Waals surface area contributed by atoms with Crippen LogP contribution in [0, 0.1) is 0 Å². The molecule has 0 aliphatic heterocycles. The molecule has 0 aliphatic carbocycles. The van der Waals surface area contributed by atoms with Gasteiger partial charge in [-0.25, -0.2) is 10.9 Å². The van der Waals surface area contributed by atoms with Crippen LogP contribution < -0.4 is 20.3 Å². The van der Waals surface area contributed by atoms with Crippen molar-refractivity contribution < 1.29 is 9.47 Å². The number of aromatic nitrogens is 4. The first-order chi connectivity index (χ1) is 13.8. The Bertz CT molecular complexity index is 881. The maximum atomic E-state index is 5.15. The first-order valence-corrected chi connectivity index (χ1v) is 8.20. The van der Waals surface area contributed by atoms with E-state index in [0.29, 0.717) is 0 Å². The second-order valence-electron chi connectivity index (χ2n) is 5.34. The van der Waals surface area contributed by atoms with E-state index in [9.17, 15) is 0 Å². The molecule has 0 amide bonds. The van der Waals surface area contributed by atoms with Crippen molar-refractivity contribution in [2.45, 2.75) is 0 Å². The summed E-state index contributed by atoms with van der Waals surface area (Å²) >= 11 is 0. The van der Waals surface area contributed by atoms with Gasteiger partial charge < -0.3 is 9.47 Å². The quantitative estimate of drug-likeness (QED) is 0.452. The molecule has 0 atom stereocenters. The van der Waals surface area contributed by atoms with Crippen LogP contribution in [0.1, 0.15) is 11.1 Å². The number of nitrogens with zero attached hydrogens (tertiary/aromatic N) is 6. The Hall–Kier alpha value is -4.08. The summed E-state index contributed by atoms with van der Waals surface area (Å²) in [6.45, 7) is 0. The van der Waals surface area contributed by atoms with Gasteiger partial charge in [0.2, 0.25) is 0 Å². The van der Waals surface area contributed by atoms with Crippen molar-refractivity contribution in [1.82, 2.24) is 20.4 Å². The Morgan fingerprint density at radius 2 is 1.14 bits per heavy atom. The monoisotopic (exact) mass is 378 g/mol. The molecule has 0 aliphatic rings. The van der Waals surface area contributed by atoms with Gasteiger partial charge in [0, 0.05) is 0 Å². The molecule has 0 unspecified atom stereocenters. The highest BCUT2D eigenvalue weighted by molar-refractivity contribution is 5.81. The van der Waals surface area contributed by atoms with Gasteiger partial charge >= 0.3 is 0 Å². The number of hydrogen-bond acceptors (Lipinski definition) is 10. The van der Waals surface area contributed by atoms with E-state index in [2.05, 4.69) is 41.4 Å². The molecule has 10 heteroatoms. The summed E-state index contributed by atoms with van der Waals surface area (Å²) in [6, 6.07) is 14.9. The van der Waals surface area contributed by atoms with Crippen LogP contribution in [0.25, 0.3) is 0 Å². The second-order valence-corrected chi connectivity index (χ2v) is 5.34. The van der Waals surface area contributed by atoms with E-state index in [0.717, 1.165) is 22.6 Å². The lowest BCUT2D eigenvalue weighted by Crippen LogP contribution is -2.05. The molecule has 0 fully saturated rings. The Labute approximate surface area is 161 Å². The molecule has 2 N–H and O–H groups in total. The van der Waals surface area contributed by atoms with Crippen molar-refractivity contribution >= 4 is 24.3 Å². The summed E-state index contributed by atoms with van der Waals surface area (Å²) in [7, 11) is 3.21. The Kier molecular flexibility index (Phi) is 6.39. The number of anilines is 2. The number of ether oxygens (including phenoxy) is 2. The number of benzene rings is 2. The van der Waals surface area contributed by atoms with Gasteiger partial charge in [-0.2, -0.15) is 10.2 Å². The lowest BCUT2D eigenvalue weighted by atomic mass is 10.2. The lowest BCUT2D eigenvalue weighted by molar-refractivity contribution is 0.414. The number of nitrogens with one attached hydrogen (secondary N) is 2. The first-order valence-electron chi connectivity index (χ1n) is 8.20. The molecule has 0 radical (unpaired) electrons. The number of hydrazone groups is 2. The fraction of sp³-hybridized carbons (Fsp3) is 0.111. The van der Waals surface area contributed by atoms with Crippen molar-refractivity contribution in [2.24, 2.45) is 10.2 Å². The topological polar surface area (TPSA) is 119 Å². The molecule has 1 aromatic heterocycles. The molecule has 142 valence electrons.